The Hall–Kier alpha value is -4.12. The number of likely N-dealkylation sites (tertiary alicyclic amines) is 1. The van der Waals surface area contributed by atoms with E-state index in [-0.39, 0.29) is 43.5 Å². The summed E-state index contributed by atoms with van der Waals surface area (Å²) in [6, 6.07) is -0.742. The number of aliphatic imine (C=N–C) groups is 2. The van der Waals surface area contributed by atoms with Gasteiger partial charge in [0.15, 0.2) is 17.6 Å². The predicted molar refractivity (Wildman–Crippen MR) is 124 cm³/mol. The minimum Gasteiger partial charge on any atom is -0.370 e. The van der Waals surface area contributed by atoms with Crippen LogP contribution in [0.2, 0.25) is 0 Å². The molecule has 204 valence electrons. The van der Waals surface area contributed by atoms with Gasteiger partial charge in [-0.25, -0.2) is 14.8 Å². The van der Waals surface area contributed by atoms with E-state index in [0.717, 1.165) is 23.1 Å². The van der Waals surface area contributed by atoms with E-state index < -0.39 is 59.2 Å². The predicted octanol–water partition coefficient (Wildman–Crippen LogP) is -1.98. The van der Waals surface area contributed by atoms with Gasteiger partial charge in [-0.05, 0) is 18.2 Å². The Morgan fingerprint density at radius 1 is 1.18 bits per heavy atom. The maximum atomic E-state index is 13.0. The maximum absolute atomic E-state index is 13.0. The maximum Gasteiger partial charge on any atom is 0.416 e. The van der Waals surface area contributed by atoms with Gasteiger partial charge in [-0.15, -0.1) is 0 Å². The Morgan fingerprint density at radius 2 is 1.87 bits per heavy atom. The summed E-state index contributed by atoms with van der Waals surface area (Å²) in [7, 11) is 0. The molecule has 4 heterocycles. The monoisotopic (exact) mass is 539 g/mol. The second-order valence-electron chi connectivity index (χ2n) is 9.37. The molecule has 5 rings (SSSR count). The summed E-state index contributed by atoms with van der Waals surface area (Å²) in [6.07, 6.45) is -4.56. The number of rotatable bonds is 4. The van der Waals surface area contributed by atoms with Crippen LogP contribution in [-0.4, -0.2) is 92.4 Å². The first-order valence-corrected chi connectivity index (χ1v) is 11.5. The number of guanidine groups is 2. The number of hydrogen-bond donors (Lipinski definition) is 7. The van der Waals surface area contributed by atoms with Crippen LogP contribution in [0.4, 0.5) is 23.7 Å². The van der Waals surface area contributed by atoms with Crippen molar-refractivity contribution in [2.45, 2.75) is 48.6 Å². The van der Waals surface area contributed by atoms with Gasteiger partial charge in [0.05, 0.1) is 18.2 Å². The van der Waals surface area contributed by atoms with E-state index in [9.17, 15) is 37.8 Å². The summed E-state index contributed by atoms with van der Waals surface area (Å²) in [6.45, 7) is -0.541. The quantitative estimate of drug-likeness (QED) is 0.167. The molecule has 38 heavy (non-hydrogen) atoms. The molecule has 9 N–H and O–H groups in total. The summed E-state index contributed by atoms with van der Waals surface area (Å²) in [5, 5.41) is 30.0. The van der Waals surface area contributed by atoms with Crippen LogP contribution in [0.15, 0.2) is 34.3 Å². The zero-order chi connectivity index (χ0) is 27.6. The number of carbonyl (C=O) groups excluding carboxylic acids is 3. The van der Waals surface area contributed by atoms with Crippen LogP contribution in [0.5, 0.6) is 0 Å². The van der Waals surface area contributed by atoms with E-state index in [2.05, 4.69) is 25.9 Å². The fraction of sp³-hybridized carbons (Fsp3) is 0.476. The van der Waals surface area contributed by atoms with E-state index in [1.54, 1.807) is 0 Å². The number of halogens is 3. The van der Waals surface area contributed by atoms with Gasteiger partial charge in [-0.3, -0.25) is 14.5 Å². The lowest BCUT2D eigenvalue weighted by atomic mass is 9.85. The fourth-order valence-corrected chi connectivity index (χ4v) is 5.35. The first-order chi connectivity index (χ1) is 17.7. The highest BCUT2D eigenvalue weighted by Crippen LogP contribution is 2.45. The Kier molecular flexibility index (Phi) is 5.68. The third-order valence-corrected chi connectivity index (χ3v) is 7.08. The number of hydrogen-bond acceptors (Lipinski definition) is 11. The van der Waals surface area contributed by atoms with Crippen LogP contribution in [-0.2, 0) is 15.8 Å². The molecule has 1 aromatic rings. The molecule has 0 aromatic heterocycles. The lowest BCUT2D eigenvalue weighted by molar-refractivity contribution is -0.230. The number of amides is 4. The average molecular weight is 539 g/mol. The highest BCUT2D eigenvalue weighted by molar-refractivity contribution is 6.02. The molecular formula is C21H24F3N9O5. The lowest BCUT2D eigenvalue weighted by Crippen LogP contribution is -2.78. The van der Waals surface area contributed by atoms with Gasteiger partial charge in [-0.1, -0.05) is 6.07 Å². The van der Waals surface area contributed by atoms with Crippen molar-refractivity contribution in [3.63, 3.8) is 0 Å². The Morgan fingerprint density at radius 3 is 2.53 bits per heavy atom. The van der Waals surface area contributed by atoms with Gasteiger partial charge in [0, 0.05) is 25.1 Å². The van der Waals surface area contributed by atoms with Crippen molar-refractivity contribution in [1.82, 2.24) is 20.4 Å². The highest BCUT2D eigenvalue weighted by atomic mass is 19.4. The largest absolute Gasteiger partial charge is 0.416 e. The fourth-order valence-electron chi connectivity index (χ4n) is 5.35. The molecule has 17 heteroatoms. The molecule has 1 aromatic carbocycles. The SMILES string of the molecule is NC1=N[C@H]2[C@H](CN3C(=O)CCC3=O)N=C(N)N3C[C@H](NC(=O)Nc4cccc(C(F)(F)F)c4)C(O)(O)[C@]23N1. The van der Waals surface area contributed by atoms with Gasteiger partial charge in [-0.2, -0.15) is 13.2 Å². The minimum absolute atomic E-state index is 0.0350. The van der Waals surface area contributed by atoms with Crippen LogP contribution >= 0.6 is 0 Å². The number of nitrogens with one attached hydrogen (secondary N) is 3. The van der Waals surface area contributed by atoms with Gasteiger partial charge in [0.25, 0.3) is 0 Å². The van der Waals surface area contributed by atoms with Crippen LogP contribution < -0.4 is 27.4 Å². The second-order valence-corrected chi connectivity index (χ2v) is 9.37. The van der Waals surface area contributed by atoms with Crippen molar-refractivity contribution in [3.05, 3.63) is 29.8 Å². The second kappa shape index (κ2) is 8.45. The van der Waals surface area contributed by atoms with E-state index >= 15 is 0 Å². The summed E-state index contributed by atoms with van der Waals surface area (Å²) in [5.74, 6) is -4.04. The molecule has 0 radical (unpaired) electrons. The van der Waals surface area contributed by atoms with E-state index in [1.807, 2.05) is 0 Å². The standard InChI is InChI=1S/C21H24F3N9O5/c22-21(23,24)9-2-1-3-10(6-9)27-18(36)29-12-8-33-17(26)28-11(7-32-13(34)4-5-14(32)35)15-19(33,20(12,37)38)31-16(25)30-15/h1-3,6,11-12,15,37-38H,4-5,7-8H2,(H2,26,28)(H3,25,30,31)(H2,27,29,36)/t11-,12-,15-,19-/m0/s1. The average Bonchev–Trinajstić information content (AvgIpc) is 3.41. The van der Waals surface area contributed by atoms with Crippen LogP contribution in [0.25, 0.3) is 0 Å². The Labute approximate surface area is 212 Å². The number of anilines is 1. The number of imide groups is 1. The third-order valence-electron chi connectivity index (χ3n) is 7.08. The van der Waals surface area contributed by atoms with E-state index in [4.69, 9.17) is 11.5 Å². The highest BCUT2D eigenvalue weighted by Gasteiger charge is 2.73. The molecule has 2 fully saturated rings. The molecule has 4 aliphatic rings. The zero-order valence-corrected chi connectivity index (χ0v) is 19.6. The summed E-state index contributed by atoms with van der Waals surface area (Å²) in [4.78, 5) is 47.8. The smallest absolute Gasteiger partial charge is 0.370 e. The van der Waals surface area contributed by atoms with Gasteiger partial charge >= 0.3 is 12.2 Å². The number of nitrogens with two attached hydrogens (primary N) is 2. The number of aliphatic hydroxyl groups is 2. The molecule has 0 unspecified atom stereocenters. The summed E-state index contributed by atoms with van der Waals surface area (Å²) >= 11 is 0. The Balaban J connectivity index is 1.39. The van der Waals surface area contributed by atoms with Gasteiger partial charge in [0.2, 0.25) is 17.6 Å². The number of carbonyl (C=O) groups is 3. The lowest BCUT2D eigenvalue weighted by Gasteiger charge is -2.49. The van der Waals surface area contributed by atoms with E-state index in [0.29, 0.717) is 0 Å². The van der Waals surface area contributed by atoms with Crippen molar-refractivity contribution in [1.29, 1.82) is 0 Å². The molecular weight excluding hydrogens is 515 g/mol. The van der Waals surface area contributed by atoms with Gasteiger partial charge < -0.3 is 42.5 Å². The van der Waals surface area contributed by atoms with Crippen molar-refractivity contribution in [3.8, 4) is 0 Å². The Bertz CT molecular complexity index is 1250. The van der Waals surface area contributed by atoms with Crippen molar-refractivity contribution >= 4 is 35.5 Å². The molecule has 0 aliphatic carbocycles. The molecule has 0 bridgehead atoms. The molecule has 2 saturated heterocycles. The van der Waals surface area contributed by atoms with Crippen molar-refractivity contribution < 1.29 is 37.8 Å². The number of benzene rings is 1. The normalized spacial score (nSPS) is 29.9. The minimum atomic E-state index is -4.63. The molecule has 4 amide bonds. The zero-order valence-electron chi connectivity index (χ0n) is 19.6. The molecule has 1 spiro atoms. The van der Waals surface area contributed by atoms with Gasteiger partial charge in [0.1, 0.15) is 12.1 Å². The molecule has 0 saturated carbocycles. The number of urea groups is 1. The number of nitrogens with zero attached hydrogens (tertiary/aromatic N) is 4. The van der Waals surface area contributed by atoms with Crippen LogP contribution in [0.3, 0.4) is 0 Å². The molecule has 4 atom stereocenters. The van der Waals surface area contributed by atoms with E-state index in [1.165, 1.54) is 11.0 Å². The number of alkyl halides is 3. The van der Waals surface area contributed by atoms with Crippen molar-refractivity contribution in [2.24, 2.45) is 21.5 Å². The topological polar surface area (TPSA) is 211 Å². The third kappa shape index (κ3) is 3.85. The summed E-state index contributed by atoms with van der Waals surface area (Å²) in [5.41, 5.74) is 8.93. The van der Waals surface area contributed by atoms with Crippen LogP contribution in [0.1, 0.15) is 18.4 Å². The first-order valence-electron chi connectivity index (χ1n) is 11.5. The summed E-state index contributed by atoms with van der Waals surface area (Å²) < 4.78 is 39.0. The van der Waals surface area contributed by atoms with Crippen molar-refractivity contribution in [2.75, 3.05) is 18.4 Å². The molecule has 14 nitrogen and oxygen atoms in total. The van der Waals surface area contributed by atoms with Crippen LogP contribution in [0, 0.1) is 0 Å². The first kappa shape index (κ1) is 25.5. The molecule has 4 aliphatic heterocycles.